The van der Waals surface area contributed by atoms with E-state index in [1.165, 1.54) is 83.1 Å². The van der Waals surface area contributed by atoms with Crippen molar-refractivity contribution in [2.24, 2.45) is 27.1 Å². The maximum Gasteiger partial charge on any atom is 0.202 e. The molecule has 0 spiro atoms. The number of hydrogen-bond acceptors (Lipinski definition) is 24. The highest BCUT2D eigenvalue weighted by Gasteiger charge is 2.35. The van der Waals surface area contributed by atoms with Gasteiger partial charge in [-0.25, -0.2) is 54.2 Å². The van der Waals surface area contributed by atoms with Crippen LogP contribution in [0.15, 0.2) is 122 Å². The van der Waals surface area contributed by atoms with E-state index in [0.29, 0.717) is 98.1 Å². The minimum absolute atomic E-state index is 0.272. The van der Waals surface area contributed by atoms with E-state index < -0.39 is 5.82 Å². The molecule has 5 aliphatic heterocycles. The Kier molecular flexibility index (Phi) is 27.2. The van der Waals surface area contributed by atoms with Crippen molar-refractivity contribution >= 4 is 131 Å². The molecule has 0 unspecified atom stereocenters. The number of rotatable bonds is 16. The van der Waals surface area contributed by atoms with Gasteiger partial charge in [0.25, 0.3) is 0 Å². The molecule has 20 rings (SSSR count). The molecule has 0 atom stereocenters. The summed E-state index contributed by atoms with van der Waals surface area (Å²) in [6.45, 7) is 35.2. The first-order valence-electron chi connectivity index (χ1n) is 44.6. The standard InChI is InChI=1S/2C20H24ClN5O.C19H24N6.C18H19ClFN5.C18H21ClN6/c1-4-20(2)5-7-26(8-6-20)16-12-22-18-17(24-25-19(18)23-16)13-9-14(21)11-15(10-13)27-3;1-4-20(2)7-9-26(10-8-20)16-12-22-18-17(24-25-19(18)23-16)13-5-6-14(21)15(11-13)27-3;1-4-19(3)7-10-25(11-8-19)15-12-21-17-16(23-24-18(17)22-15)14-6-5-9-20-13(14)2;1-18(2)6-8-25(9-7-18)13-10-21-16-15(23-24-17(16)22-13)14-11(19)4-3-5-12(14)20;1-3-18(2)5-8-25(9-6-18)14-11-21-16-15(23-24-17(16)22-14)12-4-7-20-10-13(12)19/h9-12H,4-8H2,1-3H3,(H,23,24,25);5-6,11-12H,4,7-10H2,1-3H3,(H,23,24,25);5-6,9,12H,4,7-8,10-11H2,1-3H3,(H,22,23,24);3-5,10H,6-9H2,1-2H3,(H,22,23,24);4,7,10-11H,3,5-6,8-9H2,1-2H3,(H,22,23,24). The van der Waals surface area contributed by atoms with Crippen molar-refractivity contribution in [3.8, 4) is 67.8 Å². The van der Waals surface area contributed by atoms with Crippen LogP contribution in [-0.4, -0.2) is 190 Å². The quantitative estimate of drug-likeness (QED) is 0.0600. The van der Waals surface area contributed by atoms with Gasteiger partial charge >= 0.3 is 0 Å². The Balaban J connectivity index is 0.000000118. The van der Waals surface area contributed by atoms with E-state index in [-0.39, 0.29) is 5.56 Å². The number of hydrogen-bond donors (Lipinski definition) is 5. The zero-order valence-corrected chi connectivity index (χ0v) is 78.6. The molecule has 3 aromatic carbocycles. The number of benzene rings is 3. The van der Waals surface area contributed by atoms with Crippen LogP contribution < -0.4 is 34.0 Å². The van der Waals surface area contributed by atoms with Crippen LogP contribution in [-0.2, 0) is 0 Å². The molecular weight excluding hydrogens is 1710 g/mol. The zero-order chi connectivity index (χ0) is 90.5. The second-order valence-corrected chi connectivity index (χ2v) is 38.2. The summed E-state index contributed by atoms with van der Waals surface area (Å²) in [6.07, 6.45) is 30.9. The largest absolute Gasteiger partial charge is 0.497 e. The molecule has 5 fully saturated rings. The van der Waals surface area contributed by atoms with Gasteiger partial charge in [0.15, 0.2) is 0 Å². The number of H-pyrrole nitrogens is 5. The Morgan fingerprint density at radius 3 is 1.16 bits per heavy atom. The normalized spacial score (nSPS) is 17.0. The van der Waals surface area contributed by atoms with Crippen LogP contribution in [0.3, 0.4) is 0 Å². The highest BCUT2D eigenvalue weighted by molar-refractivity contribution is 6.34. The number of aromatic amines is 5. The molecule has 29 nitrogen and oxygen atoms in total. The van der Waals surface area contributed by atoms with Crippen molar-refractivity contribution in [3.05, 3.63) is 154 Å². The van der Waals surface area contributed by atoms with Gasteiger partial charge < -0.3 is 34.0 Å². The fraction of sp³-hybridized carbons (Fsp3) is 0.442. The van der Waals surface area contributed by atoms with Crippen molar-refractivity contribution in [3.63, 3.8) is 0 Å². The number of ether oxygens (including phenoxy) is 2. The number of anilines is 5. The van der Waals surface area contributed by atoms with E-state index >= 15 is 0 Å². The SMILES string of the molecule is CC1(C)CCN(c2cnc3c(-c4c(F)cccc4Cl)[nH]nc3n2)CC1.CCC1(C)CCN(c2cnc3c(-c4cc(Cl)cc(OC)c4)[nH]nc3n2)CC1.CCC1(C)CCN(c2cnc3c(-c4ccc(Cl)c(OC)c4)[nH]nc3n2)CC1.CCC1(C)CCN(c2cnc3c(-c4cccnc4C)[nH]nc3n2)CC1.CCC1(C)CCN(c2cnc3c(-c4ccncc4Cl)[nH]nc3n2)CC1. The highest BCUT2D eigenvalue weighted by Crippen LogP contribution is 2.44. The predicted octanol–water partition coefficient (Wildman–Crippen LogP) is 21.7. The molecule has 5 saturated heterocycles. The van der Waals surface area contributed by atoms with Gasteiger partial charge in [0.2, 0.25) is 28.2 Å². The predicted molar refractivity (Wildman–Crippen MR) is 514 cm³/mol. The van der Waals surface area contributed by atoms with Gasteiger partial charge in [0.1, 0.15) is 74.0 Å². The number of nitrogens with zero attached hydrogens (tertiary/aromatic N) is 22. The fourth-order valence-corrected chi connectivity index (χ4v) is 18.1. The molecule has 34 heteroatoms. The molecule has 17 heterocycles. The average Bonchev–Trinajstić information content (AvgIpc) is 1.67. The maximum absolute atomic E-state index is 14.2. The molecule has 12 aromatic heterocycles. The molecule has 15 aromatic rings. The fourth-order valence-electron chi connectivity index (χ4n) is 17.2. The van der Waals surface area contributed by atoms with Crippen molar-refractivity contribution in [1.29, 1.82) is 0 Å². The van der Waals surface area contributed by atoms with E-state index in [1.807, 2.05) is 80.2 Å². The van der Waals surface area contributed by atoms with Gasteiger partial charge in [-0.3, -0.25) is 35.5 Å². The minimum Gasteiger partial charge on any atom is -0.497 e. The highest BCUT2D eigenvalue weighted by atomic mass is 35.5. The molecule has 129 heavy (non-hydrogen) atoms. The van der Waals surface area contributed by atoms with Crippen LogP contribution in [0, 0.1) is 39.8 Å². The number of pyridine rings is 2. The van der Waals surface area contributed by atoms with Gasteiger partial charge in [-0.2, -0.15) is 25.5 Å². The summed E-state index contributed by atoms with van der Waals surface area (Å²) < 4.78 is 24.8. The Morgan fingerprint density at radius 2 is 0.760 bits per heavy atom. The van der Waals surface area contributed by atoms with Crippen LogP contribution in [0.25, 0.3) is 112 Å². The zero-order valence-electron chi connectivity index (χ0n) is 75.6. The first-order valence-corrected chi connectivity index (χ1v) is 46.1. The lowest BCUT2D eigenvalue weighted by atomic mass is 9.78. The number of piperidine rings is 5. The summed E-state index contributed by atoms with van der Waals surface area (Å²) in [6, 6.07) is 21.5. The third-order valence-corrected chi connectivity index (χ3v) is 28.8. The lowest BCUT2D eigenvalue weighted by molar-refractivity contribution is 0.237. The molecule has 0 saturated carbocycles. The van der Waals surface area contributed by atoms with Crippen molar-refractivity contribution in [2.75, 3.05) is 104 Å². The Bertz CT molecular complexity index is 6260. The molecule has 0 amide bonds. The summed E-state index contributed by atoms with van der Waals surface area (Å²) >= 11 is 24.7. The Hall–Kier alpha value is -11.6. The van der Waals surface area contributed by atoms with Crippen LogP contribution in [0.2, 0.25) is 20.1 Å². The van der Waals surface area contributed by atoms with E-state index in [0.717, 1.165) is 180 Å². The van der Waals surface area contributed by atoms with Crippen LogP contribution in [0.4, 0.5) is 33.5 Å². The van der Waals surface area contributed by atoms with Crippen LogP contribution >= 0.6 is 46.4 Å². The van der Waals surface area contributed by atoms with Gasteiger partial charge in [-0.1, -0.05) is 153 Å². The monoisotopic (exact) mass is 1820 g/mol. The van der Waals surface area contributed by atoms with E-state index in [2.05, 4.69) is 185 Å². The van der Waals surface area contributed by atoms with E-state index in [1.54, 1.807) is 57.2 Å². The second-order valence-electron chi connectivity index (χ2n) is 36.6. The third kappa shape index (κ3) is 20.1. The molecular formula is C95H112Cl4FN27O2. The summed E-state index contributed by atoms with van der Waals surface area (Å²) in [5, 5.41) is 38.8. The number of methoxy groups -OCH3 is 2. The molecule has 0 radical (unpaired) electrons. The number of fused-ring (bicyclic) bond motifs is 5. The average molecular weight is 1820 g/mol. The van der Waals surface area contributed by atoms with Gasteiger partial charge in [-0.05, 0) is 159 Å². The molecule has 0 bridgehead atoms. The first-order chi connectivity index (χ1) is 62.2. The van der Waals surface area contributed by atoms with Crippen molar-refractivity contribution < 1.29 is 13.9 Å². The van der Waals surface area contributed by atoms with E-state index in [9.17, 15) is 4.39 Å². The Morgan fingerprint density at radius 1 is 0.372 bits per heavy atom. The van der Waals surface area contributed by atoms with Gasteiger partial charge in [0, 0.05) is 117 Å². The van der Waals surface area contributed by atoms with Crippen molar-refractivity contribution in [2.45, 2.75) is 166 Å². The third-order valence-electron chi connectivity index (χ3n) is 27.7. The summed E-state index contributed by atoms with van der Waals surface area (Å²) in [5.41, 5.74) is 17.3. The Labute approximate surface area is 770 Å². The smallest absolute Gasteiger partial charge is 0.202 e. The first kappa shape index (κ1) is 90.7. The number of aromatic nitrogens is 22. The summed E-state index contributed by atoms with van der Waals surface area (Å²) in [7, 11) is 3.22. The summed E-state index contributed by atoms with van der Waals surface area (Å²) in [5.74, 6) is 5.31. The lowest BCUT2D eigenvalue weighted by Gasteiger charge is -2.39. The van der Waals surface area contributed by atoms with Gasteiger partial charge in [0.05, 0.1) is 94.3 Å². The summed E-state index contributed by atoms with van der Waals surface area (Å²) in [4.78, 5) is 66.5. The topological polar surface area (TPSA) is 333 Å². The van der Waals surface area contributed by atoms with Gasteiger partial charge in [-0.15, -0.1) is 0 Å². The number of aryl methyl sites for hydroxylation is 1. The minimum atomic E-state index is -0.415. The molecule has 5 aliphatic rings. The van der Waals surface area contributed by atoms with E-state index in [4.69, 9.17) is 75.8 Å². The second kappa shape index (κ2) is 38.6. The number of nitrogens with one attached hydrogen (secondary N) is 5. The number of halogens is 5. The molecule has 0 aliphatic carbocycles. The van der Waals surface area contributed by atoms with Crippen LogP contribution in [0.5, 0.6) is 11.5 Å². The maximum atomic E-state index is 14.2. The van der Waals surface area contributed by atoms with Crippen molar-refractivity contribution in [1.82, 2.24) is 111 Å². The van der Waals surface area contributed by atoms with Crippen LogP contribution in [0.1, 0.15) is 165 Å². The molecule has 5 N–H and O–H groups in total. The molecule has 674 valence electrons. The lowest BCUT2D eigenvalue weighted by Crippen LogP contribution is -2.38.